The summed E-state index contributed by atoms with van der Waals surface area (Å²) < 4.78 is 0. The zero-order valence-electron chi connectivity index (χ0n) is 12.4. The molecular weight excluding hydrogens is 278 g/mol. The molecule has 2 heterocycles. The molecule has 0 aliphatic heterocycles. The average Bonchev–Trinajstić information content (AvgIpc) is 2.50. The largest absolute Gasteiger partial charge is 0.282 e. The van der Waals surface area contributed by atoms with Crippen LogP contribution in [0, 0.1) is 24.0 Å². The molecule has 110 valence electrons. The first-order chi connectivity index (χ1) is 10.6. The number of hydrogen-bond acceptors (Lipinski definition) is 4. The van der Waals surface area contributed by atoms with Gasteiger partial charge >= 0.3 is 0 Å². The minimum Gasteiger partial charge on any atom is -0.261 e. The lowest BCUT2D eigenvalue weighted by Gasteiger charge is -2.09. The Morgan fingerprint density at radius 2 is 1.95 bits per heavy atom. The van der Waals surface area contributed by atoms with Crippen molar-refractivity contribution in [3.05, 3.63) is 75.2 Å². The summed E-state index contributed by atoms with van der Waals surface area (Å²) in [5.74, 6) is 0. The second-order valence-electron chi connectivity index (χ2n) is 5.33. The lowest BCUT2D eigenvalue weighted by Crippen LogP contribution is -2.00. The van der Waals surface area contributed by atoms with E-state index in [1.165, 1.54) is 0 Å². The number of aromatic nitrogens is 2. The van der Waals surface area contributed by atoms with E-state index in [1.807, 2.05) is 26.0 Å². The number of rotatable bonds is 3. The van der Waals surface area contributed by atoms with Crippen molar-refractivity contribution in [3.63, 3.8) is 0 Å². The Hall–Kier alpha value is -2.82. The predicted molar refractivity (Wildman–Crippen MR) is 84.9 cm³/mol. The molecule has 0 aliphatic rings. The number of nitro groups is 1. The SMILES string of the molecule is Cc1cc(Cc2ccc3ncccc3c2[N+](=O)[O-])c(C)cn1. The Balaban J connectivity index is 2.16. The summed E-state index contributed by atoms with van der Waals surface area (Å²) in [5.41, 5.74) is 4.47. The van der Waals surface area contributed by atoms with Gasteiger partial charge < -0.3 is 0 Å². The van der Waals surface area contributed by atoms with Gasteiger partial charge in [0.05, 0.1) is 15.8 Å². The Morgan fingerprint density at radius 1 is 1.14 bits per heavy atom. The molecule has 0 aliphatic carbocycles. The van der Waals surface area contributed by atoms with E-state index in [-0.39, 0.29) is 10.6 Å². The van der Waals surface area contributed by atoms with Crippen LogP contribution in [0.15, 0.2) is 42.7 Å². The monoisotopic (exact) mass is 293 g/mol. The fourth-order valence-electron chi connectivity index (χ4n) is 2.62. The molecule has 0 atom stereocenters. The zero-order valence-corrected chi connectivity index (χ0v) is 12.4. The second kappa shape index (κ2) is 5.52. The standard InChI is InChI=1S/C17H15N3O2/c1-11-10-19-12(2)8-14(11)9-13-5-6-16-15(4-3-7-18-16)17(13)20(21)22/h3-8,10H,9H2,1-2H3. The maximum absolute atomic E-state index is 11.5. The Morgan fingerprint density at radius 3 is 2.73 bits per heavy atom. The van der Waals surface area contributed by atoms with Crippen molar-refractivity contribution in [2.75, 3.05) is 0 Å². The van der Waals surface area contributed by atoms with Crippen molar-refractivity contribution in [2.45, 2.75) is 20.3 Å². The summed E-state index contributed by atoms with van der Waals surface area (Å²) >= 11 is 0. The van der Waals surface area contributed by atoms with E-state index in [0.717, 1.165) is 16.8 Å². The minimum absolute atomic E-state index is 0.138. The first kappa shape index (κ1) is 14.1. The highest BCUT2D eigenvalue weighted by molar-refractivity contribution is 5.89. The molecule has 5 nitrogen and oxygen atoms in total. The first-order valence-electron chi connectivity index (χ1n) is 6.99. The van der Waals surface area contributed by atoms with E-state index >= 15 is 0 Å². The molecule has 1 aromatic carbocycles. The van der Waals surface area contributed by atoms with Gasteiger partial charge in [0.15, 0.2) is 0 Å². The van der Waals surface area contributed by atoms with Gasteiger partial charge in [-0.3, -0.25) is 20.1 Å². The molecule has 0 unspecified atom stereocenters. The van der Waals surface area contributed by atoms with Crippen molar-refractivity contribution in [1.29, 1.82) is 0 Å². The normalized spacial score (nSPS) is 10.8. The van der Waals surface area contributed by atoms with Gasteiger partial charge in [-0.15, -0.1) is 0 Å². The molecule has 3 rings (SSSR count). The molecule has 3 aromatic rings. The van der Waals surface area contributed by atoms with Crippen LogP contribution in [0.4, 0.5) is 5.69 Å². The highest BCUT2D eigenvalue weighted by atomic mass is 16.6. The highest BCUT2D eigenvalue weighted by Gasteiger charge is 2.19. The van der Waals surface area contributed by atoms with Crippen molar-refractivity contribution in [3.8, 4) is 0 Å². The second-order valence-corrected chi connectivity index (χ2v) is 5.33. The number of nitrogens with zero attached hydrogens (tertiary/aromatic N) is 3. The van der Waals surface area contributed by atoms with E-state index in [1.54, 1.807) is 30.6 Å². The van der Waals surface area contributed by atoms with E-state index in [4.69, 9.17) is 0 Å². The van der Waals surface area contributed by atoms with Crippen LogP contribution in [-0.4, -0.2) is 14.9 Å². The van der Waals surface area contributed by atoms with Crippen LogP contribution in [0.2, 0.25) is 0 Å². The molecule has 0 spiro atoms. The molecule has 22 heavy (non-hydrogen) atoms. The lowest BCUT2D eigenvalue weighted by atomic mass is 9.98. The smallest absolute Gasteiger partial charge is 0.261 e. The number of fused-ring (bicyclic) bond motifs is 1. The summed E-state index contributed by atoms with van der Waals surface area (Å²) in [5, 5.41) is 12.1. The fraction of sp³-hybridized carbons (Fsp3) is 0.176. The molecule has 2 aromatic heterocycles. The lowest BCUT2D eigenvalue weighted by molar-refractivity contribution is -0.383. The molecule has 0 saturated carbocycles. The van der Waals surface area contributed by atoms with Crippen molar-refractivity contribution >= 4 is 16.6 Å². The summed E-state index contributed by atoms with van der Waals surface area (Å²) in [6.07, 6.45) is 3.96. The van der Waals surface area contributed by atoms with E-state index in [9.17, 15) is 10.1 Å². The Labute approximate surface area is 127 Å². The third-order valence-corrected chi connectivity index (χ3v) is 3.76. The van der Waals surface area contributed by atoms with Crippen LogP contribution in [0.5, 0.6) is 0 Å². The third kappa shape index (κ3) is 2.53. The molecule has 5 heteroatoms. The maximum atomic E-state index is 11.5. The topological polar surface area (TPSA) is 68.9 Å². The van der Waals surface area contributed by atoms with E-state index in [2.05, 4.69) is 9.97 Å². The third-order valence-electron chi connectivity index (χ3n) is 3.76. The number of nitro benzene ring substituents is 1. The molecule has 0 radical (unpaired) electrons. The molecular formula is C17H15N3O2. The summed E-state index contributed by atoms with van der Waals surface area (Å²) in [4.78, 5) is 19.7. The van der Waals surface area contributed by atoms with E-state index in [0.29, 0.717) is 22.9 Å². The van der Waals surface area contributed by atoms with Crippen LogP contribution >= 0.6 is 0 Å². The zero-order chi connectivity index (χ0) is 15.7. The molecule has 0 bridgehead atoms. The summed E-state index contributed by atoms with van der Waals surface area (Å²) in [7, 11) is 0. The summed E-state index contributed by atoms with van der Waals surface area (Å²) in [6, 6.07) is 9.08. The Kier molecular flexibility index (Phi) is 3.55. The van der Waals surface area contributed by atoms with Crippen molar-refractivity contribution in [2.24, 2.45) is 0 Å². The van der Waals surface area contributed by atoms with Crippen LogP contribution in [0.25, 0.3) is 10.9 Å². The summed E-state index contributed by atoms with van der Waals surface area (Å²) in [6.45, 7) is 3.89. The first-order valence-corrected chi connectivity index (χ1v) is 6.99. The molecule has 0 amide bonds. The number of aryl methyl sites for hydroxylation is 2. The van der Waals surface area contributed by atoms with E-state index < -0.39 is 0 Å². The maximum Gasteiger partial charge on any atom is 0.282 e. The van der Waals surface area contributed by atoms with Gasteiger partial charge in [-0.05, 0) is 55.3 Å². The van der Waals surface area contributed by atoms with Crippen LogP contribution < -0.4 is 0 Å². The van der Waals surface area contributed by atoms with Gasteiger partial charge in [-0.2, -0.15) is 0 Å². The quantitative estimate of drug-likeness (QED) is 0.545. The van der Waals surface area contributed by atoms with Gasteiger partial charge in [0.1, 0.15) is 0 Å². The molecule has 0 fully saturated rings. The van der Waals surface area contributed by atoms with Crippen molar-refractivity contribution < 1.29 is 4.92 Å². The number of benzene rings is 1. The van der Waals surface area contributed by atoms with Gasteiger partial charge in [0.2, 0.25) is 0 Å². The van der Waals surface area contributed by atoms with Gasteiger partial charge in [0.25, 0.3) is 5.69 Å². The fourth-order valence-corrected chi connectivity index (χ4v) is 2.62. The van der Waals surface area contributed by atoms with Crippen LogP contribution in [-0.2, 0) is 6.42 Å². The molecule has 0 N–H and O–H groups in total. The van der Waals surface area contributed by atoms with Crippen LogP contribution in [0.1, 0.15) is 22.4 Å². The van der Waals surface area contributed by atoms with Crippen molar-refractivity contribution in [1.82, 2.24) is 9.97 Å². The Bertz CT molecular complexity index is 875. The number of pyridine rings is 2. The van der Waals surface area contributed by atoms with Gasteiger partial charge in [0, 0.05) is 30.1 Å². The highest BCUT2D eigenvalue weighted by Crippen LogP contribution is 2.30. The van der Waals surface area contributed by atoms with Crippen LogP contribution in [0.3, 0.4) is 0 Å². The number of hydrogen-bond donors (Lipinski definition) is 0. The molecule has 0 saturated heterocycles. The predicted octanol–water partition coefficient (Wildman–Crippen LogP) is 3.75. The van der Waals surface area contributed by atoms with Gasteiger partial charge in [-0.1, -0.05) is 0 Å². The minimum atomic E-state index is -0.317. The van der Waals surface area contributed by atoms with Gasteiger partial charge in [-0.25, -0.2) is 0 Å². The average molecular weight is 293 g/mol.